The van der Waals surface area contributed by atoms with E-state index in [1.165, 1.54) is 10.8 Å². The lowest BCUT2D eigenvalue weighted by Crippen LogP contribution is -2.33. The number of ether oxygens (including phenoxy) is 1. The first-order chi connectivity index (χ1) is 16.1. The van der Waals surface area contributed by atoms with Crippen LogP contribution in [0, 0.1) is 0 Å². The molecule has 0 spiro atoms. The zero-order chi connectivity index (χ0) is 23.5. The Morgan fingerprint density at radius 3 is 2.91 bits per heavy atom. The number of hydrazine groups is 1. The smallest absolute Gasteiger partial charge is 0.248 e. The minimum absolute atomic E-state index is 0.102. The van der Waals surface area contributed by atoms with Crippen LogP contribution in [0.1, 0.15) is 11.1 Å². The summed E-state index contributed by atoms with van der Waals surface area (Å²) in [5.41, 5.74) is 12.6. The van der Waals surface area contributed by atoms with E-state index in [-0.39, 0.29) is 12.6 Å². The molecule has 170 valence electrons. The van der Waals surface area contributed by atoms with E-state index in [1.54, 1.807) is 43.0 Å². The standard InChI is InChI=1S/C22H25N9O2/c1-33-11-10-30(24)14-17-2-5-20(6-3-17)28-22(32)7-4-18-12-25-9-8-21(18)19-13-27-31(15-19)16-26-29-23/h2-9,12-13,15H,10-11,14,16,24H2,1H3,(H,28,32)/b7-4+. The van der Waals surface area contributed by atoms with Crippen LogP contribution in [0.15, 0.2) is 66.3 Å². The van der Waals surface area contributed by atoms with Crippen molar-refractivity contribution in [2.75, 3.05) is 25.6 Å². The molecule has 0 aliphatic rings. The highest BCUT2D eigenvalue weighted by molar-refractivity contribution is 6.02. The highest BCUT2D eigenvalue weighted by Crippen LogP contribution is 2.23. The summed E-state index contributed by atoms with van der Waals surface area (Å²) in [4.78, 5) is 19.3. The number of nitrogens with zero attached hydrogens (tertiary/aromatic N) is 7. The molecule has 11 heteroatoms. The Morgan fingerprint density at radius 2 is 2.15 bits per heavy atom. The molecule has 0 aliphatic carbocycles. The van der Waals surface area contributed by atoms with Crippen LogP contribution in [0.3, 0.4) is 0 Å². The number of carbonyl (C=O) groups is 1. The molecule has 3 aromatic rings. The molecule has 0 bridgehead atoms. The van der Waals surface area contributed by atoms with Crippen LogP contribution in [0.5, 0.6) is 0 Å². The van der Waals surface area contributed by atoms with E-state index in [4.69, 9.17) is 16.1 Å². The number of benzene rings is 1. The zero-order valence-corrected chi connectivity index (χ0v) is 18.2. The molecule has 0 saturated heterocycles. The molecule has 33 heavy (non-hydrogen) atoms. The summed E-state index contributed by atoms with van der Waals surface area (Å²) in [7, 11) is 1.64. The van der Waals surface area contributed by atoms with Gasteiger partial charge in [-0.3, -0.25) is 20.3 Å². The number of aromatic nitrogens is 3. The van der Waals surface area contributed by atoms with Crippen molar-refractivity contribution in [2.24, 2.45) is 11.0 Å². The summed E-state index contributed by atoms with van der Waals surface area (Å²) in [6.07, 6.45) is 9.90. The highest BCUT2D eigenvalue weighted by atomic mass is 16.5. The van der Waals surface area contributed by atoms with Gasteiger partial charge >= 0.3 is 0 Å². The molecule has 0 fully saturated rings. The molecule has 1 aromatic carbocycles. The van der Waals surface area contributed by atoms with Crippen LogP contribution >= 0.6 is 0 Å². The maximum Gasteiger partial charge on any atom is 0.248 e. The van der Waals surface area contributed by atoms with Gasteiger partial charge in [-0.1, -0.05) is 17.2 Å². The van der Waals surface area contributed by atoms with Crippen LogP contribution < -0.4 is 11.2 Å². The van der Waals surface area contributed by atoms with Crippen LogP contribution in [0.2, 0.25) is 0 Å². The lowest BCUT2D eigenvalue weighted by molar-refractivity contribution is -0.111. The average Bonchev–Trinajstić information content (AvgIpc) is 3.30. The fraction of sp³-hybridized carbons (Fsp3) is 0.227. The Bertz CT molecular complexity index is 1130. The maximum absolute atomic E-state index is 12.4. The van der Waals surface area contributed by atoms with Crippen LogP contribution in [-0.2, 0) is 22.7 Å². The first-order valence-electron chi connectivity index (χ1n) is 10.1. The molecule has 11 nitrogen and oxygen atoms in total. The van der Waals surface area contributed by atoms with E-state index < -0.39 is 0 Å². The van der Waals surface area contributed by atoms with Crippen molar-refractivity contribution in [3.63, 3.8) is 0 Å². The van der Waals surface area contributed by atoms with Gasteiger partial charge in [0.25, 0.3) is 0 Å². The Kier molecular flexibility index (Phi) is 8.69. The lowest BCUT2D eigenvalue weighted by atomic mass is 10.0. The number of rotatable bonds is 11. The van der Waals surface area contributed by atoms with Gasteiger partial charge < -0.3 is 10.1 Å². The Morgan fingerprint density at radius 1 is 1.33 bits per heavy atom. The normalized spacial score (nSPS) is 11.0. The molecule has 0 atom stereocenters. The molecule has 0 radical (unpaired) electrons. The third kappa shape index (κ3) is 7.27. The highest BCUT2D eigenvalue weighted by Gasteiger charge is 2.07. The van der Waals surface area contributed by atoms with E-state index >= 15 is 0 Å². The average molecular weight is 448 g/mol. The SMILES string of the molecule is COCCN(N)Cc1ccc(NC(=O)/C=C/c2cnccc2-c2cnn(CN=[N+]=[N-])c2)cc1. The van der Waals surface area contributed by atoms with E-state index in [1.807, 2.05) is 30.3 Å². The first-order valence-corrected chi connectivity index (χ1v) is 10.1. The number of hydrogen-bond acceptors (Lipinski definition) is 7. The van der Waals surface area contributed by atoms with Crippen molar-refractivity contribution in [3.8, 4) is 11.1 Å². The second-order valence-electron chi connectivity index (χ2n) is 7.09. The molecular formula is C22H25N9O2. The predicted octanol–water partition coefficient (Wildman–Crippen LogP) is 3.19. The lowest BCUT2D eigenvalue weighted by Gasteiger charge is -2.15. The monoisotopic (exact) mass is 447 g/mol. The number of carbonyl (C=O) groups excluding carboxylic acids is 1. The molecule has 1 amide bonds. The quantitative estimate of drug-likeness (QED) is 0.115. The topological polar surface area (TPSA) is 147 Å². The number of anilines is 1. The van der Waals surface area contributed by atoms with Crippen molar-refractivity contribution < 1.29 is 9.53 Å². The summed E-state index contributed by atoms with van der Waals surface area (Å²) in [6, 6.07) is 9.33. The number of pyridine rings is 1. The maximum atomic E-state index is 12.4. The van der Waals surface area contributed by atoms with Crippen LogP contribution in [-0.4, -0.2) is 45.9 Å². The summed E-state index contributed by atoms with van der Waals surface area (Å²) >= 11 is 0. The number of amides is 1. The van der Waals surface area contributed by atoms with Crippen molar-refractivity contribution in [1.29, 1.82) is 0 Å². The molecule has 3 N–H and O–H groups in total. The molecule has 0 aliphatic heterocycles. The van der Waals surface area contributed by atoms with E-state index in [9.17, 15) is 4.79 Å². The van der Waals surface area contributed by atoms with Crippen molar-refractivity contribution >= 4 is 17.7 Å². The second kappa shape index (κ2) is 12.1. The van der Waals surface area contributed by atoms with E-state index in [2.05, 4.69) is 25.4 Å². The molecule has 2 heterocycles. The minimum Gasteiger partial charge on any atom is -0.383 e. The summed E-state index contributed by atoms with van der Waals surface area (Å²) in [6.45, 7) is 1.88. The fourth-order valence-corrected chi connectivity index (χ4v) is 3.04. The van der Waals surface area contributed by atoms with Crippen LogP contribution in [0.25, 0.3) is 27.6 Å². The van der Waals surface area contributed by atoms with E-state index in [0.717, 1.165) is 22.3 Å². The molecule has 0 unspecified atom stereocenters. The van der Waals surface area contributed by atoms with Gasteiger partial charge in [-0.25, -0.2) is 5.01 Å². The first kappa shape index (κ1) is 23.6. The minimum atomic E-state index is -0.267. The summed E-state index contributed by atoms with van der Waals surface area (Å²) in [5.74, 6) is 5.66. The fourth-order valence-electron chi connectivity index (χ4n) is 3.04. The van der Waals surface area contributed by atoms with Gasteiger partial charge in [0, 0.05) is 66.6 Å². The number of nitrogens with one attached hydrogen (secondary N) is 1. The van der Waals surface area contributed by atoms with Gasteiger partial charge in [-0.15, -0.1) is 0 Å². The summed E-state index contributed by atoms with van der Waals surface area (Å²) in [5, 5.41) is 12.2. The second-order valence-corrected chi connectivity index (χ2v) is 7.09. The Hall–Kier alpha value is -4.02. The molecule has 2 aromatic heterocycles. The Labute approximate surface area is 191 Å². The van der Waals surface area contributed by atoms with Crippen LogP contribution in [0.4, 0.5) is 5.69 Å². The van der Waals surface area contributed by atoms with Crippen molar-refractivity contribution in [1.82, 2.24) is 19.8 Å². The summed E-state index contributed by atoms with van der Waals surface area (Å²) < 4.78 is 6.55. The van der Waals surface area contributed by atoms with Gasteiger partial charge in [-0.05, 0) is 40.9 Å². The molecule has 0 saturated carbocycles. The Balaban J connectivity index is 1.62. The molecular weight excluding hydrogens is 422 g/mol. The number of nitrogens with two attached hydrogens (primary N) is 1. The largest absolute Gasteiger partial charge is 0.383 e. The zero-order valence-electron chi connectivity index (χ0n) is 18.2. The number of methoxy groups -OCH3 is 1. The third-order valence-electron chi connectivity index (χ3n) is 4.67. The van der Waals surface area contributed by atoms with Crippen molar-refractivity contribution in [3.05, 3.63) is 82.8 Å². The van der Waals surface area contributed by atoms with Gasteiger partial charge in [0.1, 0.15) is 6.67 Å². The van der Waals surface area contributed by atoms with Crippen molar-refractivity contribution in [2.45, 2.75) is 13.2 Å². The molecule has 3 rings (SSSR count). The van der Waals surface area contributed by atoms with Gasteiger partial charge in [0.2, 0.25) is 5.91 Å². The number of azide groups is 1. The van der Waals surface area contributed by atoms with E-state index in [0.29, 0.717) is 25.4 Å². The number of hydrogen-bond donors (Lipinski definition) is 2. The van der Waals surface area contributed by atoms with Gasteiger partial charge in [-0.2, -0.15) is 5.10 Å². The van der Waals surface area contributed by atoms with Gasteiger partial charge in [0.05, 0.1) is 12.8 Å². The van der Waals surface area contributed by atoms with Gasteiger partial charge in [0.15, 0.2) is 0 Å². The third-order valence-corrected chi connectivity index (χ3v) is 4.67. The predicted molar refractivity (Wildman–Crippen MR) is 125 cm³/mol.